The third kappa shape index (κ3) is 5.02. The molecule has 0 unspecified atom stereocenters. The van der Waals surface area contributed by atoms with Gasteiger partial charge in [-0.3, -0.25) is 9.20 Å². The van der Waals surface area contributed by atoms with Crippen LogP contribution < -0.4 is 10.6 Å². The molecule has 0 atom stereocenters. The number of rotatable bonds is 6. The third-order valence-electron chi connectivity index (χ3n) is 4.83. The highest BCUT2D eigenvalue weighted by Gasteiger charge is 2.24. The molecule has 0 bridgehead atoms. The summed E-state index contributed by atoms with van der Waals surface area (Å²) in [5, 5.41) is 25.2. The lowest BCUT2D eigenvalue weighted by atomic mass is 10.1. The Morgan fingerprint density at radius 1 is 1.29 bits per heavy atom. The number of carbonyl (C=O) groups is 1. The molecule has 1 saturated carbocycles. The number of hydrogen-bond donors (Lipinski definition) is 4. The van der Waals surface area contributed by atoms with Gasteiger partial charge >= 0.3 is 0 Å². The van der Waals surface area contributed by atoms with Crippen LogP contribution >= 0.6 is 0 Å². The highest BCUT2D eigenvalue weighted by Crippen LogP contribution is 2.25. The van der Waals surface area contributed by atoms with E-state index in [1.54, 1.807) is 38.4 Å². The number of aliphatic hydroxyl groups is 2. The fraction of sp³-hybridized carbons (Fsp3) is 0.348. The van der Waals surface area contributed by atoms with Crippen LogP contribution in [0.2, 0.25) is 0 Å². The van der Waals surface area contributed by atoms with E-state index in [9.17, 15) is 9.90 Å². The summed E-state index contributed by atoms with van der Waals surface area (Å²) < 4.78 is 1.86. The topological polar surface area (TPSA) is 112 Å². The van der Waals surface area contributed by atoms with Crippen molar-refractivity contribution < 1.29 is 15.0 Å². The number of fused-ring (bicyclic) bond motifs is 1. The normalized spacial score (nSPS) is 13.5. The number of benzene rings is 1. The van der Waals surface area contributed by atoms with Crippen LogP contribution in [0.3, 0.4) is 0 Å². The Kier molecular flexibility index (Phi) is 5.63. The summed E-state index contributed by atoms with van der Waals surface area (Å²) in [6.45, 7) is 3.40. The van der Waals surface area contributed by atoms with Gasteiger partial charge in [-0.05, 0) is 44.7 Å². The number of anilines is 1. The largest absolute Gasteiger partial charge is 0.389 e. The molecule has 160 valence electrons. The Bertz CT molecular complexity index is 1160. The van der Waals surface area contributed by atoms with Crippen LogP contribution in [0.1, 0.15) is 42.7 Å². The fourth-order valence-corrected chi connectivity index (χ4v) is 3.10. The maximum absolute atomic E-state index is 12.2. The number of aliphatic hydroxyl groups excluding tert-OH is 1. The van der Waals surface area contributed by atoms with Crippen molar-refractivity contribution in [2.75, 3.05) is 18.5 Å². The van der Waals surface area contributed by atoms with E-state index in [4.69, 9.17) is 5.11 Å². The van der Waals surface area contributed by atoms with E-state index in [0.717, 1.165) is 24.1 Å². The number of nitrogens with one attached hydrogen (secondary N) is 2. The molecule has 0 radical (unpaired) electrons. The van der Waals surface area contributed by atoms with Gasteiger partial charge in [0.2, 0.25) is 0 Å². The Balaban J connectivity index is 1.69. The lowest BCUT2D eigenvalue weighted by Gasteiger charge is -2.18. The lowest BCUT2D eigenvalue weighted by Crippen LogP contribution is -2.29. The van der Waals surface area contributed by atoms with Gasteiger partial charge in [-0.25, -0.2) is 9.97 Å². The second-order valence-electron chi connectivity index (χ2n) is 8.26. The van der Waals surface area contributed by atoms with E-state index in [2.05, 4.69) is 32.4 Å². The van der Waals surface area contributed by atoms with Crippen molar-refractivity contribution in [1.82, 2.24) is 19.7 Å². The molecule has 4 rings (SSSR count). The molecule has 0 spiro atoms. The zero-order valence-corrected chi connectivity index (χ0v) is 17.5. The first-order valence-corrected chi connectivity index (χ1v) is 10.2. The van der Waals surface area contributed by atoms with E-state index in [-0.39, 0.29) is 19.1 Å². The molecule has 1 aliphatic carbocycles. The van der Waals surface area contributed by atoms with Gasteiger partial charge in [0.05, 0.1) is 17.5 Å². The monoisotopic (exact) mass is 419 g/mol. The highest BCUT2D eigenvalue weighted by molar-refractivity contribution is 5.95. The summed E-state index contributed by atoms with van der Waals surface area (Å²) in [7, 11) is 0. The van der Waals surface area contributed by atoms with Crippen LogP contribution in [0.15, 0.2) is 36.7 Å². The van der Waals surface area contributed by atoms with Crippen LogP contribution in [0.4, 0.5) is 5.82 Å². The Morgan fingerprint density at radius 2 is 2.03 bits per heavy atom. The first kappa shape index (κ1) is 20.8. The Morgan fingerprint density at radius 3 is 2.68 bits per heavy atom. The SMILES string of the molecule is CC(C)(O)CNc1nc(C#CCO)cn2c(-c3ccc(C(=O)NC4CC4)cc3)cnc12. The molecule has 2 heterocycles. The fourth-order valence-electron chi connectivity index (χ4n) is 3.10. The van der Waals surface area contributed by atoms with Crippen molar-refractivity contribution in [2.45, 2.75) is 38.3 Å². The quantitative estimate of drug-likeness (QED) is 0.454. The van der Waals surface area contributed by atoms with Crippen LogP contribution in [0, 0.1) is 11.8 Å². The maximum atomic E-state index is 12.2. The Hall–Kier alpha value is -3.41. The summed E-state index contributed by atoms with van der Waals surface area (Å²) in [6.07, 6.45) is 5.58. The van der Waals surface area contributed by atoms with Gasteiger partial charge in [-0.15, -0.1) is 0 Å². The second kappa shape index (κ2) is 8.38. The minimum atomic E-state index is -0.933. The van der Waals surface area contributed by atoms with Crippen LogP contribution in [-0.4, -0.2) is 55.3 Å². The third-order valence-corrected chi connectivity index (χ3v) is 4.83. The van der Waals surface area contributed by atoms with Crippen molar-refractivity contribution in [3.8, 4) is 23.1 Å². The number of carbonyl (C=O) groups excluding carboxylic acids is 1. The lowest BCUT2D eigenvalue weighted by molar-refractivity contribution is 0.0939. The number of nitrogens with zero attached hydrogens (tertiary/aromatic N) is 3. The van der Waals surface area contributed by atoms with E-state index < -0.39 is 5.60 Å². The molecule has 31 heavy (non-hydrogen) atoms. The summed E-state index contributed by atoms with van der Waals surface area (Å²) in [5.41, 5.74) is 2.43. The molecular weight excluding hydrogens is 394 g/mol. The summed E-state index contributed by atoms with van der Waals surface area (Å²) in [6, 6.07) is 7.68. The highest BCUT2D eigenvalue weighted by atomic mass is 16.3. The molecular formula is C23H25N5O3. The maximum Gasteiger partial charge on any atom is 0.251 e. The molecule has 4 N–H and O–H groups in total. The molecule has 1 aliphatic rings. The van der Waals surface area contributed by atoms with Crippen LogP contribution in [0.5, 0.6) is 0 Å². The molecule has 3 aromatic rings. The standard InChI is InChI=1S/C23H25N5O3/c1-23(2,31)14-25-20-21-24-12-19(28(21)13-18(26-20)4-3-11-29)15-5-7-16(8-6-15)22(30)27-17-9-10-17/h5-8,12-13,17,29,31H,9-11,14H2,1-2H3,(H,25,26)(H,27,30). The molecule has 8 nitrogen and oxygen atoms in total. The van der Waals surface area contributed by atoms with Crippen molar-refractivity contribution in [3.05, 3.63) is 47.9 Å². The van der Waals surface area contributed by atoms with E-state index in [1.807, 2.05) is 16.5 Å². The van der Waals surface area contributed by atoms with Crippen molar-refractivity contribution >= 4 is 17.4 Å². The number of hydrogen-bond acceptors (Lipinski definition) is 6. The van der Waals surface area contributed by atoms with Gasteiger partial charge in [0.15, 0.2) is 11.5 Å². The van der Waals surface area contributed by atoms with E-state index in [1.165, 1.54) is 0 Å². The minimum Gasteiger partial charge on any atom is -0.389 e. The number of aromatic nitrogens is 3. The number of imidazole rings is 1. The molecule has 1 aromatic carbocycles. The van der Waals surface area contributed by atoms with Gasteiger partial charge in [-0.1, -0.05) is 18.1 Å². The van der Waals surface area contributed by atoms with Gasteiger partial charge in [-0.2, -0.15) is 0 Å². The number of amides is 1. The predicted molar refractivity (Wildman–Crippen MR) is 118 cm³/mol. The molecule has 8 heteroatoms. The Labute approximate surface area is 180 Å². The van der Waals surface area contributed by atoms with E-state index in [0.29, 0.717) is 28.8 Å². The van der Waals surface area contributed by atoms with Crippen LogP contribution in [0.25, 0.3) is 16.9 Å². The molecule has 0 saturated heterocycles. The smallest absolute Gasteiger partial charge is 0.251 e. The predicted octanol–water partition coefficient (Wildman–Crippen LogP) is 1.82. The second-order valence-corrected chi connectivity index (χ2v) is 8.26. The van der Waals surface area contributed by atoms with E-state index >= 15 is 0 Å². The molecule has 1 fully saturated rings. The van der Waals surface area contributed by atoms with Gasteiger partial charge < -0.3 is 20.8 Å². The molecule has 2 aromatic heterocycles. The summed E-state index contributed by atoms with van der Waals surface area (Å²) >= 11 is 0. The zero-order valence-electron chi connectivity index (χ0n) is 17.5. The van der Waals surface area contributed by atoms with Crippen molar-refractivity contribution in [1.29, 1.82) is 0 Å². The van der Waals surface area contributed by atoms with Gasteiger partial charge in [0.1, 0.15) is 12.3 Å². The zero-order chi connectivity index (χ0) is 22.0. The van der Waals surface area contributed by atoms with Gasteiger partial charge in [0.25, 0.3) is 5.91 Å². The first-order chi connectivity index (χ1) is 14.8. The first-order valence-electron chi connectivity index (χ1n) is 10.2. The summed E-state index contributed by atoms with van der Waals surface area (Å²) in [5.74, 6) is 5.86. The van der Waals surface area contributed by atoms with Gasteiger partial charge in [0, 0.05) is 29.9 Å². The van der Waals surface area contributed by atoms with Crippen molar-refractivity contribution in [2.24, 2.45) is 0 Å². The average Bonchev–Trinajstić information content (AvgIpc) is 3.45. The summed E-state index contributed by atoms with van der Waals surface area (Å²) in [4.78, 5) is 21.2. The van der Waals surface area contributed by atoms with Crippen molar-refractivity contribution in [3.63, 3.8) is 0 Å². The molecule has 0 aliphatic heterocycles. The minimum absolute atomic E-state index is 0.0592. The van der Waals surface area contributed by atoms with Crippen LogP contribution in [-0.2, 0) is 0 Å². The molecule has 1 amide bonds. The average molecular weight is 419 g/mol.